The largest absolute Gasteiger partial charge is 0.497 e. The van der Waals surface area contributed by atoms with Crippen LogP contribution in [0.5, 0.6) is 11.5 Å². The predicted molar refractivity (Wildman–Crippen MR) is 118 cm³/mol. The molecule has 1 saturated heterocycles. The van der Waals surface area contributed by atoms with Crippen LogP contribution in [0.15, 0.2) is 48.5 Å². The zero-order chi connectivity index (χ0) is 20.9. The number of aliphatic hydroxyl groups excluding tert-OH is 1. The molecule has 1 fully saturated rings. The summed E-state index contributed by atoms with van der Waals surface area (Å²) in [5.41, 5.74) is 2.40. The second-order valence-corrected chi connectivity index (χ2v) is 8.70. The van der Waals surface area contributed by atoms with Crippen LogP contribution < -0.4 is 14.4 Å². The van der Waals surface area contributed by atoms with Gasteiger partial charge in [0.1, 0.15) is 24.2 Å². The number of β-amino-alcohol motifs (C(OH)–C–C–N with tert-alkyl or cyclic N) is 1. The lowest BCUT2D eigenvalue weighted by atomic mass is 9.86. The number of benzene rings is 2. The number of ether oxygens (including phenoxy) is 2. The highest BCUT2D eigenvalue weighted by molar-refractivity contribution is 5.49. The Hall–Kier alpha value is -2.24. The van der Waals surface area contributed by atoms with E-state index in [1.807, 2.05) is 30.3 Å². The summed E-state index contributed by atoms with van der Waals surface area (Å²) in [5, 5.41) is 10.5. The summed E-state index contributed by atoms with van der Waals surface area (Å²) in [6, 6.07) is 16.3. The van der Waals surface area contributed by atoms with E-state index in [1.165, 1.54) is 11.3 Å². The zero-order valence-corrected chi connectivity index (χ0v) is 18.1. The number of rotatable bonds is 7. The summed E-state index contributed by atoms with van der Waals surface area (Å²) in [5.74, 6) is 1.74. The van der Waals surface area contributed by atoms with Crippen molar-refractivity contribution >= 4 is 5.69 Å². The molecule has 0 aromatic heterocycles. The minimum atomic E-state index is -0.504. The number of aliphatic hydroxyl groups is 1. The summed E-state index contributed by atoms with van der Waals surface area (Å²) in [7, 11) is 1.69. The van der Waals surface area contributed by atoms with Gasteiger partial charge in [-0.15, -0.1) is 0 Å². The first-order chi connectivity index (χ1) is 13.9. The highest BCUT2D eigenvalue weighted by atomic mass is 16.5. The average Bonchev–Trinajstić information content (AvgIpc) is 2.72. The normalized spacial score (nSPS) is 16.5. The van der Waals surface area contributed by atoms with Gasteiger partial charge < -0.3 is 19.5 Å². The molecule has 0 spiro atoms. The molecule has 0 unspecified atom stereocenters. The molecule has 29 heavy (non-hydrogen) atoms. The fourth-order valence-electron chi connectivity index (χ4n) is 3.73. The number of methoxy groups -OCH3 is 1. The van der Waals surface area contributed by atoms with Crippen LogP contribution >= 0.6 is 0 Å². The molecule has 0 radical (unpaired) electrons. The molecule has 3 rings (SSSR count). The number of hydrogen-bond donors (Lipinski definition) is 1. The Kier molecular flexibility index (Phi) is 7.04. The molecule has 0 bridgehead atoms. The van der Waals surface area contributed by atoms with Gasteiger partial charge in [0, 0.05) is 38.4 Å². The van der Waals surface area contributed by atoms with E-state index in [0.29, 0.717) is 13.2 Å². The lowest BCUT2D eigenvalue weighted by Crippen LogP contribution is -2.49. The molecular weight excluding hydrogens is 364 g/mol. The van der Waals surface area contributed by atoms with Gasteiger partial charge in [-0.25, -0.2) is 0 Å². The van der Waals surface area contributed by atoms with Crippen LogP contribution in [0.1, 0.15) is 26.3 Å². The second-order valence-electron chi connectivity index (χ2n) is 8.70. The topological polar surface area (TPSA) is 45.2 Å². The van der Waals surface area contributed by atoms with Crippen molar-refractivity contribution in [2.24, 2.45) is 0 Å². The third kappa shape index (κ3) is 5.87. The number of nitrogens with zero attached hydrogens (tertiary/aromatic N) is 2. The third-order valence-electron chi connectivity index (χ3n) is 5.41. The predicted octanol–water partition coefficient (Wildman–Crippen LogP) is 3.55. The van der Waals surface area contributed by atoms with Gasteiger partial charge in [-0.3, -0.25) is 4.90 Å². The van der Waals surface area contributed by atoms with Crippen LogP contribution in [-0.4, -0.2) is 62.6 Å². The van der Waals surface area contributed by atoms with Crippen molar-refractivity contribution in [3.05, 3.63) is 54.1 Å². The van der Waals surface area contributed by atoms with Crippen molar-refractivity contribution in [2.75, 3.05) is 51.3 Å². The molecule has 1 heterocycles. The van der Waals surface area contributed by atoms with Crippen molar-refractivity contribution in [1.29, 1.82) is 0 Å². The molecule has 158 valence electrons. The van der Waals surface area contributed by atoms with Gasteiger partial charge in [-0.05, 0) is 41.3 Å². The molecule has 0 aliphatic carbocycles. The van der Waals surface area contributed by atoms with E-state index in [4.69, 9.17) is 9.47 Å². The van der Waals surface area contributed by atoms with Gasteiger partial charge in [0.25, 0.3) is 0 Å². The molecule has 0 amide bonds. The van der Waals surface area contributed by atoms with Crippen molar-refractivity contribution in [3.63, 3.8) is 0 Å². The van der Waals surface area contributed by atoms with E-state index in [9.17, 15) is 5.11 Å². The maximum Gasteiger partial charge on any atom is 0.123 e. The fraction of sp³-hybridized carbons (Fsp3) is 0.500. The van der Waals surface area contributed by atoms with Crippen LogP contribution in [0.25, 0.3) is 0 Å². The van der Waals surface area contributed by atoms with Gasteiger partial charge in [0.2, 0.25) is 0 Å². The quantitative estimate of drug-likeness (QED) is 0.773. The van der Waals surface area contributed by atoms with E-state index in [2.05, 4.69) is 48.8 Å². The van der Waals surface area contributed by atoms with Gasteiger partial charge in [0.15, 0.2) is 0 Å². The van der Waals surface area contributed by atoms with E-state index in [0.717, 1.165) is 37.7 Å². The van der Waals surface area contributed by atoms with Crippen LogP contribution in [0.2, 0.25) is 0 Å². The van der Waals surface area contributed by atoms with Gasteiger partial charge >= 0.3 is 0 Å². The minimum absolute atomic E-state index is 0.0132. The summed E-state index contributed by atoms with van der Waals surface area (Å²) in [4.78, 5) is 4.68. The first-order valence-electron chi connectivity index (χ1n) is 10.4. The number of hydrogen-bond acceptors (Lipinski definition) is 5. The molecule has 5 nitrogen and oxygen atoms in total. The average molecular weight is 399 g/mol. The standard InChI is InChI=1S/C24H34N2O3/c1-24(2,3)22-7-5-6-8-23(22)29-18-20(27)17-25-13-15-26(16-14-25)19-9-11-21(28-4)12-10-19/h5-12,20,27H,13-18H2,1-4H3/t20-/m1/s1. The first-order valence-corrected chi connectivity index (χ1v) is 10.4. The Morgan fingerprint density at radius 1 is 0.966 bits per heavy atom. The molecule has 1 aliphatic rings. The molecule has 1 N–H and O–H groups in total. The van der Waals surface area contributed by atoms with Crippen molar-refractivity contribution in [1.82, 2.24) is 4.90 Å². The number of piperazine rings is 1. The number of anilines is 1. The van der Waals surface area contributed by atoms with E-state index >= 15 is 0 Å². The van der Waals surface area contributed by atoms with Crippen LogP contribution in [0.4, 0.5) is 5.69 Å². The SMILES string of the molecule is COc1ccc(N2CCN(C[C@@H](O)COc3ccccc3C(C)(C)C)CC2)cc1. The summed E-state index contributed by atoms with van der Waals surface area (Å²) < 4.78 is 11.2. The molecule has 1 atom stereocenters. The third-order valence-corrected chi connectivity index (χ3v) is 5.41. The molecule has 1 aliphatic heterocycles. The van der Waals surface area contributed by atoms with Crippen LogP contribution in [-0.2, 0) is 5.41 Å². The van der Waals surface area contributed by atoms with Crippen molar-refractivity contribution in [2.45, 2.75) is 32.3 Å². The monoisotopic (exact) mass is 398 g/mol. The highest BCUT2D eigenvalue weighted by Crippen LogP contribution is 2.31. The maximum absolute atomic E-state index is 10.5. The Balaban J connectivity index is 1.46. The Bertz CT molecular complexity index is 762. The molecular formula is C24H34N2O3. The lowest BCUT2D eigenvalue weighted by Gasteiger charge is -2.37. The van der Waals surface area contributed by atoms with E-state index in [1.54, 1.807) is 7.11 Å². The Morgan fingerprint density at radius 2 is 1.62 bits per heavy atom. The molecule has 0 saturated carbocycles. The van der Waals surface area contributed by atoms with Gasteiger partial charge in [-0.1, -0.05) is 39.0 Å². The molecule has 5 heteroatoms. The smallest absolute Gasteiger partial charge is 0.123 e. The molecule has 2 aromatic rings. The Morgan fingerprint density at radius 3 is 2.24 bits per heavy atom. The minimum Gasteiger partial charge on any atom is -0.497 e. The second kappa shape index (κ2) is 9.51. The summed E-state index contributed by atoms with van der Waals surface area (Å²) >= 11 is 0. The van der Waals surface area contributed by atoms with Gasteiger partial charge in [-0.2, -0.15) is 0 Å². The van der Waals surface area contributed by atoms with E-state index < -0.39 is 6.10 Å². The highest BCUT2D eigenvalue weighted by Gasteiger charge is 2.22. The fourth-order valence-corrected chi connectivity index (χ4v) is 3.73. The maximum atomic E-state index is 10.5. The van der Waals surface area contributed by atoms with Crippen molar-refractivity contribution < 1.29 is 14.6 Å². The summed E-state index contributed by atoms with van der Waals surface area (Å²) in [6.07, 6.45) is -0.504. The zero-order valence-electron chi connectivity index (χ0n) is 18.1. The van der Waals surface area contributed by atoms with Crippen molar-refractivity contribution in [3.8, 4) is 11.5 Å². The summed E-state index contributed by atoms with van der Waals surface area (Å²) in [6.45, 7) is 11.2. The first kappa shape index (κ1) is 21.5. The lowest BCUT2D eigenvalue weighted by molar-refractivity contribution is 0.0656. The number of para-hydroxylation sites is 1. The van der Waals surface area contributed by atoms with E-state index in [-0.39, 0.29) is 5.41 Å². The van der Waals surface area contributed by atoms with Crippen LogP contribution in [0.3, 0.4) is 0 Å². The molecule has 2 aromatic carbocycles. The van der Waals surface area contributed by atoms with Crippen LogP contribution in [0, 0.1) is 0 Å². The van der Waals surface area contributed by atoms with Gasteiger partial charge in [0.05, 0.1) is 7.11 Å². The Labute approximate surface area is 174 Å².